The highest BCUT2D eigenvalue weighted by molar-refractivity contribution is 5.94. The SMILES string of the molecule is O=C(NCc1ccccc1)c1cc2n(n1)CCN(C(=O)c1ccncc1)C2. The Morgan fingerprint density at radius 1 is 1.04 bits per heavy atom. The summed E-state index contributed by atoms with van der Waals surface area (Å²) >= 11 is 0. The standard InChI is InChI=1S/C20H19N5O2/c26-19(22-13-15-4-2-1-3-5-15)18-12-17-14-24(10-11-25(17)23-18)20(27)16-6-8-21-9-7-16/h1-9,12H,10-11,13-14H2,(H,22,26). The molecule has 0 atom stereocenters. The first-order chi connectivity index (χ1) is 13.2. The van der Waals surface area contributed by atoms with E-state index in [2.05, 4.69) is 15.4 Å². The molecule has 0 saturated heterocycles. The van der Waals surface area contributed by atoms with Crippen molar-refractivity contribution in [1.82, 2.24) is 25.0 Å². The van der Waals surface area contributed by atoms with Crippen LogP contribution in [0.4, 0.5) is 0 Å². The van der Waals surface area contributed by atoms with Gasteiger partial charge in [0.2, 0.25) is 0 Å². The summed E-state index contributed by atoms with van der Waals surface area (Å²) in [4.78, 5) is 30.7. The molecule has 1 N–H and O–H groups in total. The van der Waals surface area contributed by atoms with E-state index in [9.17, 15) is 9.59 Å². The number of hydrogen-bond acceptors (Lipinski definition) is 4. The number of nitrogens with one attached hydrogen (secondary N) is 1. The highest BCUT2D eigenvalue weighted by Crippen LogP contribution is 2.16. The summed E-state index contributed by atoms with van der Waals surface area (Å²) in [6, 6.07) is 14.9. The fraction of sp³-hybridized carbons (Fsp3) is 0.200. The molecule has 0 radical (unpaired) electrons. The van der Waals surface area contributed by atoms with E-state index in [1.54, 1.807) is 40.2 Å². The van der Waals surface area contributed by atoms with Crippen LogP contribution in [-0.4, -0.2) is 38.0 Å². The third-order valence-electron chi connectivity index (χ3n) is 4.54. The lowest BCUT2D eigenvalue weighted by molar-refractivity contribution is 0.0705. The van der Waals surface area contributed by atoms with Crippen molar-refractivity contribution >= 4 is 11.8 Å². The number of aromatic nitrogens is 3. The molecule has 0 bridgehead atoms. The van der Waals surface area contributed by atoms with Crippen LogP contribution in [0.3, 0.4) is 0 Å². The van der Waals surface area contributed by atoms with Gasteiger partial charge in [-0.1, -0.05) is 30.3 Å². The Morgan fingerprint density at radius 3 is 2.59 bits per heavy atom. The van der Waals surface area contributed by atoms with Crippen LogP contribution in [-0.2, 0) is 19.6 Å². The van der Waals surface area contributed by atoms with E-state index in [-0.39, 0.29) is 11.8 Å². The zero-order chi connectivity index (χ0) is 18.6. The molecule has 0 saturated carbocycles. The van der Waals surface area contributed by atoms with Gasteiger partial charge in [-0.25, -0.2) is 0 Å². The molecule has 1 aliphatic heterocycles. The highest BCUT2D eigenvalue weighted by atomic mass is 16.2. The smallest absolute Gasteiger partial charge is 0.272 e. The minimum absolute atomic E-state index is 0.0417. The molecular formula is C20H19N5O2. The first-order valence-electron chi connectivity index (χ1n) is 8.79. The summed E-state index contributed by atoms with van der Waals surface area (Å²) in [5, 5.41) is 7.27. The molecule has 0 spiro atoms. The number of benzene rings is 1. The normalized spacial score (nSPS) is 13.1. The second-order valence-corrected chi connectivity index (χ2v) is 6.37. The molecule has 1 aliphatic rings. The van der Waals surface area contributed by atoms with E-state index in [1.165, 1.54) is 0 Å². The van der Waals surface area contributed by atoms with Crippen molar-refractivity contribution in [3.8, 4) is 0 Å². The summed E-state index contributed by atoms with van der Waals surface area (Å²) in [5.41, 5.74) is 2.87. The van der Waals surface area contributed by atoms with Gasteiger partial charge in [0.1, 0.15) is 0 Å². The monoisotopic (exact) mass is 361 g/mol. The Hall–Kier alpha value is -3.48. The van der Waals surface area contributed by atoms with E-state index in [0.717, 1.165) is 11.3 Å². The van der Waals surface area contributed by atoms with E-state index < -0.39 is 0 Å². The molecule has 3 aromatic rings. The van der Waals surface area contributed by atoms with Crippen molar-refractivity contribution in [3.63, 3.8) is 0 Å². The van der Waals surface area contributed by atoms with Gasteiger partial charge in [0.05, 0.1) is 18.8 Å². The average Bonchev–Trinajstić information content (AvgIpc) is 3.16. The zero-order valence-electron chi connectivity index (χ0n) is 14.7. The molecule has 7 heteroatoms. The van der Waals surface area contributed by atoms with Crippen molar-refractivity contribution in [2.24, 2.45) is 0 Å². The number of fused-ring (bicyclic) bond motifs is 1. The maximum absolute atomic E-state index is 12.6. The maximum atomic E-state index is 12.6. The van der Waals surface area contributed by atoms with E-state index in [1.807, 2.05) is 30.3 Å². The van der Waals surface area contributed by atoms with Crippen molar-refractivity contribution in [2.45, 2.75) is 19.6 Å². The van der Waals surface area contributed by atoms with Gasteiger partial charge in [-0.05, 0) is 23.8 Å². The third kappa shape index (κ3) is 3.72. The van der Waals surface area contributed by atoms with Crippen molar-refractivity contribution in [3.05, 3.63) is 83.4 Å². The summed E-state index contributed by atoms with van der Waals surface area (Å²) in [7, 11) is 0. The molecule has 136 valence electrons. The average molecular weight is 361 g/mol. The molecule has 2 amide bonds. The predicted octanol–water partition coefficient (Wildman–Crippen LogP) is 1.86. The lowest BCUT2D eigenvalue weighted by Crippen LogP contribution is -2.38. The Bertz CT molecular complexity index is 953. The molecule has 0 fully saturated rings. The van der Waals surface area contributed by atoms with Crippen molar-refractivity contribution in [1.29, 1.82) is 0 Å². The quantitative estimate of drug-likeness (QED) is 0.769. The van der Waals surface area contributed by atoms with Crippen molar-refractivity contribution in [2.75, 3.05) is 6.54 Å². The van der Waals surface area contributed by atoms with Crippen LogP contribution in [0.25, 0.3) is 0 Å². The van der Waals surface area contributed by atoms with Crippen LogP contribution in [0.2, 0.25) is 0 Å². The Morgan fingerprint density at radius 2 is 1.81 bits per heavy atom. The van der Waals surface area contributed by atoms with E-state index in [0.29, 0.717) is 37.4 Å². The van der Waals surface area contributed by atoms with Crippen LogP contribution >= 0.6 is 0 Å². The second kappa shape index (κ2) is 7.41. The van der Waals surface area contributed by atoms with Crippen molar-refractivity contribution < 1.29 is 9.59 Å². The van der Waals surface area contributed by atoms with Crippen LogP contribution in [0, 0.1) is 0 Å². The molecule has 2 aromatic heterocycles. The predicted molar refractivity (Wildman–Crippen MR) is 98.8 cm³/mol. The van der Waals surface area contributed by atoms with Gasteiger partial charge in [-0.3, -0.25) is 19.3 Å². The third-order valence-corrected chi connectivity index (χ3v) is 4.54. The maximum Gasteiger partial charge on any atom is 0.272 e. The van der Waals surface area contributed by atoms with Gasteiger partial charge < -0.3 is 10.2 Å². The first kappa shape index (κ1) is 17.0. The summed E-state index contributed by atoms with van der Waals surface area (Å²) in [6.07, 6.45) is 3.22. The van der Waals surface area contributed by atoms with Gasteiger partial charge in [0, 0.05) is 31.0 Å². The lowest BCUT2D eigenvalue weighted by Gasteiger charge is -2.27. The Labute approximate surface area is 156 Å². The van der Waals surface area contributed by atoms with Gasteiger partial charge in [0.15, 0.2) is 5.69 Å². The number of rotatable bonds is 4. The zero-order valence-corrected chi connectivity index (χ0v) is 14.7. The van der Waals surface area contributed by atoms with Crippen LogP contribution in [0.1, 0.15) is 32.1 Å². The lowest BCUT2D eigenvalue weighted by atomic mass is 10.2. The summed E-state index contributed by atoms with van der Waals surface area (Å²) in [6.45, 7) is 2.01. The number of carbonyl (C=O) groups excluding carboxylic acids is 2. The molecule has 4 rings (SSSR count). The molecular weight excluding hydrogens is 342 g/mol. The molecule has 7 nitrogen and oxygen atoms in total. The number of pyridine rings is 1. The minimum Gasteiger partial charge on any atom is -0.347 e. The van der Waals surface area contributed by atoms with Gasteiger partial charge in [0.25, 0.3) is 11.8 Å². The number of carbonyl (C=O) groups is 2. The minimum atomic E-state index is -0.215. The number of amides is 2. The van der Waals surface area contributed by atoms with Gasteiger partial charge >= 0.3 is 0 Å². The highest BCUT2D eigenvalue weighted by Gasteiger charge is 2.24. The molecule has 3 heterocycles. The van der Waals surface area contributed by atoms with Gasteiger partial charge in [-0.2, -0.15) is 5.10 Å². The largest absolute Gasteiger partial charge is 0.347 e. The second-order valence-electron chi connectivity index (χ2n) is 6.37. The van der Waals surface area contributed by atoms with E-state index in [4.69, 9.17) is 0 Å². The topological polar surface area (TPSA) is 80.1 Å². The number of hydrogen-bond donors (Lipinski definition) is 1. The summed E-state index contributed by atoms with van der Waals surface area (Å²) in [5.74, 6) is -0.257. The first-order valence-corrected chi connectivity index (χ1v) is 8.79. The molecule has 27 heavy (non-hydrogen) atoms. The fourth-order valence-corrected chi connectivity index (χ4v) is 3.10. The number of nitrogens with zero attached hydrogens (tertiary/aromatic N) is 4. The fourth-order valence-electron chi connectivity index (χ4n) is 3.10. The van der Waals surface area contributed by atoms with Crippen LogP contribution in [0.5, 0.6) is 0 Å². The Kier molecular flexibility index (Phi) is 4.65. The molecule has 0 aliphatic carbocycles. The molecule has 0 unspecified atom stereocenters. The van der Waals surface area contributed by atoms with Crippen LogP contribution < -0.4 is 5.32 Å². The van der Waals surface area contributed by atoms with Crippen LogP contribution in [0.15, 0.2) is 60.9 Å². The summed E-state index contributed by atoms with van der Waals surface area (Å²) < 4.78 is 1.80. The van der Waals surface area contributed by atoms with E-state index >= 15 is 0 Å². The van der Waals surface area contributed by atoms with Gasteiger partial charge in [-0.15, -0.1) is 0 Å². The molecule has 1 aromatic carbocycles. The Balaban J connectivity index is 1.42.